The Morgan fingerprint density at radius 2 is 2.19 bits per heavy atom. The molecule has 110 valence electrons. The molecule has 1 amide bonds. The average molecular weight is 366 g/mol. The summed E-state index contributed by atoms with van der Waals surface area (Å²) < 4.78 is 6.70. The predicted molar refractivity (Wildman–Crippen MR) is 88.3 cm³/mol. The molecule has 3 rings (SSSR count). The molecule has 1 aliphatic rings. The van der Waals surface area contributed by atoms with Gasteiger partial charge in [0.2, 0.25) is 0 Å². The molecule has 2 heterocycles. The third-order valence-corrected chi connectivity index (χ3v) is 5.26. The summed E-state index contributed by atoms with van der Waals surface area (Å²) in [7, 11) is 0. The van der Waals surface area contributed by atoms with Crippen molar-refractivity contribution in [2.24, 2.45) is 0 Å². The Balaban J connectivity index is 1.75. The van der Waals surface area contributed by atoms with Crippen LogP contribution in [0.2, 0.25) is 0 Å². The van der Waals surface area contributed by atoms with E-state index < -0.39 is 0 Å². The van der Waals surface area contributed by atoms with Gasteiger partial charge >= 0.3 is 0 Å². The van der Waals surface area contributed by atoms with E-state index in [0.29, 0.717) is 6.54 Å². The summed E-state index contributed by atoms with van der Waals surface area (Å²) in [5.74, 6) is 0.903. The maximum atomic E-state index is 12.2. The normalized spacial score (nSPS) is 12.9. The van der Waals surface area contributed by atoms with Crippen molar-refractivity contribution in [3.8, 4) is 5.75 Å². The highest BCUT2D eigenvalue weighted by atomic mass is 79.9. The van der Waals surface area contributed by atoms with E-state index in [-0.39, 0.29) is 5.91 Å². The van der Waals surface area contributed by atoms with Crippen molar-refractivity contribution >= 4 is 33.2 Å². The van der Waals surface area contributed by atoms with Gasteiger partial charge in [-0.25, -0.2) is 0 Å². The van der Waals surface area contributed by atoms with Crippen molar-refractivity contribution in [1.29, 1.82) is 0 Å². The predicted octanol–water partition coefficient (Wildman–Crippen LogP) is 3.99. The van der Waals surface area contributed by atoms with Crippen LogP contribution in [0.3, 0.4) is 0 Å². The van der Waals surface area contributed by atoms with Crippen LogP contribution in [-0.4, -0.2) is 12.5 Å². The van der Waals surface area contributed by atoms with E-state index in [9.17, 15) is 4.79 Å². The van der Waals surface area contributed by atoms with Crippen LogP contribution in [-0.2, 0) is 13.0 Å². The Kier molecular flexibility index (Phi) is 4.04. The largest absolute Gasteiger partial charge is 0.493 e. The van der Waals surface area contributed by atoms with Gasteiger partial charge in [0, 0.05) is 27.9 Å². The van der Waals surface area contributed by atoms with Gasteiger partial charge in [-0.1, -0.05) is 15.9 Å². The van der Waals surface area contributed by atoms with Crippen LogP contribution in [0, 0.1) is 13.8 Å². The second kappa shape index (κ2) is 5.81. The van der Waals surface area contributed by atoms with Gasteiger partial charge in [0.05, 0.1) is 11.5 Å². The molecule has 2 aromatic rings. The number of hydrogen-bond acceptors (Lipinski definition) is 3. The van der Waals surface area contributed by atoms with Gasteiger partial charge in [-0.05, 0) is 43.2 Å². The summed E-state index contributed by atoms with van der Waals surface area (Å²) in [6.07, 6.45) is 0.930. The van der Waals surface area contributed by atoms with Crippen LogP contribution in [0.25, 0.3) is 0 Å². The van der Waals surface area contributed by atoms with Gasteiger partial charge in [0.25, 0.3) is 5.91 Å². The zero-order valence-electron chi connectivity index (χ0n) is 12.0. The highest BCUT2D eigenvalue weighted by molar-refractivity contribution is 9.10. The van der Waals surface area contributed by atoms with Crippen LogP contribution in [0.15, 0.2) is 22.7 Å². The van der Waals surface area contributed by atoms with E-state index in [2.05, 4.69) is 27.3 Å². The summed E-state index contributed by atoms with van der Waals surface area (Å²) in [4.78, 5) is 14.2. The summed E-state index contributed by atoms with van der Waals surface area (Å²) in [5.41, 5.74) is 3.39. The van der Waals surface area contributed by atoms with Crippen molar-refractivity contribution in [2.75, 3.05) is 6.61 Å². The van der Waals surface area contributed by atoms with E-state index in [1.807, 2.05) is 26.0 Å². The second-order valence-corrected chi connectivity index (χ2v) is 7.36. The zero-order valence-corrected chi connectivity index (χ0v) is 14.4. The Morgan fingerprint density at radius 3 is 2.90 bits per heavy atom. The number of amides is 1. The van der Waals surface area contributed by atoms with E-state index in [0.717, 1.165) is 39.3 Å². The first kappa shape index (κ1) is 14.6. The number of hydrogen-bond donors (Lipinski definition) is 1. The Bertz CT molecular complexity index is 689. The molecule has 0 saturated carbocycles. The maximum absolute atomic E-state index is 12.2. The van der Waals surface area contributed by atoms with Gasteiger partial charge in [-0.15, -0.1) is 11.3 Å². The molecular formula is C16H16BrNO2S. The Morgan fingerprint density at radius 1 is 1.38 bits per heavy atom. The molecule has 5 heteroatoms. The molecular weight excluding hydrogens is 350 g/mol. The molecule has 1 aromatic carbocycles. The number of thiophene rings is 1. The van der Waals surface area contributed by atoms with Gasteiger partial charge in [-0.3, -0.25) is 4.79 Å². The van der Waals surface area contributed by atoms with Crippen molar-refractivity contribution in [3.63, 3.8) is 0 Å². The average Bonchev–Trinajstić information content (AvgIpc) is 3.03. The van der Waals surface area contributed by atoms with Crippen molar-refractivity contribution in [3.05, 3.63) is 49.1 Å². The molecule has 0 saturated heterocycles. The van der Waals surface area contributed by atoms with Gasteiger partial charge in [-0.2, -0.15) is 0 Å². The van der Waals surface area contributed by atoms with Gasteiger partial charge < -0.3 is 10.1 Å². The zero-order chi connectivity index (χ0) is 15.0. The molecule has 0 bridgehead atoms. The molecule has 0 fully saturated rings. The highest BCUT2D eigenvalue weighted by Crippen LogP contribution is 2.33. The molecule has 1 N–H and O–H groups in total. The second-order valence-electron chi connectivity index (χ2n) is 5.18. The van der Waals surface area contributed by atoms with Crippen LogP contribution < -0.4 is 10.1 Å². The van der Waals surface area contributed by atoms with Crippen molar-refractivity contribution in [2.45, 2.75) is 26.8 Å². The number of ether oxygens (including phenoxy) is 1. The molecule has 0 spiro atoms. The summed E-state index contributed by atoms with van der Waals surface area (Å²) >= 11 is 5.05. The summed E-state index contributed by atoms with van der Waals surface area (Å²) in [6, 6.07) is 6.03. The molecule has 0 radical (unpaired) electrons. The quantitative estimate of drug-likeness (QED) is 0.892. The van der Waals surface area contributed by atoms with Crippen LogP contribution in [0.1, 0.15) is 31.2 Å². The molecule has 0 aliphatic carbocycles. The third kappa shape index (κ3) is 2.99. The molecule has 1 aliphatic heterocycles. The topological polar surface area (TPSA) is 38.3 Å². The van der Waals surface area contributed by atoms with E-state index >= 15 is 0 Å². The fourth-order valence-corrected chi connectivity index (χ4v) is 3.93. The van der Waals surface area contributed by atoms with Crippen molar-refractivity contribution in [1.82, 2.24) is 5.32 Å². The fraction of sp³-hybridized carbons (Fsp3) is 0.312. The van der Waals surface area contributed by atoms with E-state index in [1.54, 1.807) is 0 Å². The first-order valence-corrected chi connectivity index (χ1v) is 8.45. The number of fused-ring (bicyclic) bond motifs is 1. The van der Waals surface area contributed by atoms with Gasteiger partial charge in [0.15, 0.2) is 0 Å². The minimum atomic E-state index is -0.0251. The number of benzene rings is 1. The third-order valence-electron chi connectivity index (χ3n) is 3.65. The number of halogens is 1. The maximum Gasteiger partial charge on any atom is 0.261 e. The smallest absolute Gasteiger partial charge is 0.261 e. The molecule has 0 atom stereocenters. The highest BCUT2D eigenvalue weighted by Gasteiger charge is 2.18. The first-order chi connectivity index (χ1) is 10.0. The van der Waals surface area contributed by atoms with E-state index in [4.69, 9.17) is 4.74 Å². The monoisotopic (exact) mass is 365 g/mol. The number of nitrogens with one attached hydrogen (secondary N) is 1. The molecule has 3 nitrogen and oxygen atoms in total. The number of rotatable bonds is 3. The molecule has 21 heavy (non-hydrogen) atoms. The molecule has 1 aromatic heterocycles. The number of aryl methyl sites for hydroxylation is 2. The Labute approximate surface area is 136 Å². The lowest BCUT2D eigenvalue weighted by Gasteiger charge is -2.10. The summed E-state index contributed by atoms with van der Waals surface area (Å²) in [6.45, 7) is 5.26. The molecule has 0 unspecified atom stereocenters. The Hall–Kier alpha value is -1.33. The van der Waals surface area contributed by atoms with Gasteiger partial charge in [0.1, 0.15) is 5.75 Å². The summed E-state index contributed by atoms with van der Waals surface area (Å²) in [5, 5.41) is 2.98. The first-order valence-electron chi connectivity index (χ1n) is 6.84. The van der Waals surface area contributed by atoms with Crippen LogP contribution >= 0.6 is 27.3 Å². The van der Waals surface area contributed by atoms with Crippen LogP contribution in [0.5, 0.6) is 5.75 Å². The lowest BCUT2D eigenvalue weighted by Crippen LogP contribution is -2.22. The lowest BCUT2D eigenvalue weighted by atomic mass is 10.1. The number of carbonyl (C=O) groups excluding carboxylic acids is 1. The van der Waals surface area contributed by atoms with E-state index in [1.165, 1.54) is 21.8 Å². The standard InChI is InChI=1S/C16H16BrNO2S/c1-9-5-14(21-10(9)2)16(19)18-8-12-7-13(17)6-11-3-4-20-15(11)12/h5-7H,3-4,8H2,1-2H3,(H,18,19). The fourth-order valence-electron chi connectivity index (χ4n) is 2.43. The SMILES string of the molecule is Cc1cc(C(=O)NCc2cc(Br)cc3c2OCC3)sc1C. The van der Waals surface area contributed by atoms with Crippen LogP contribution in [0.4, 0.5) is 0 Å². The lowest BCUT2D eigenvalue weighted by molar-refractivity contribution is 0.0954. The van der Waals surface area contributed by atoms with Crippen molar-refractivity contribution < 1.29 is 9.53 Å². The minimum Gasteiger partial charge on any atom is -0.493 e. The number of carbonyl (C=O) groups is 1. The minimum absolute atomic E-state index is 0.0251.